The number of primary amides is 1. The van der Waals surface area contributed by atoms with E-state index in [1.165, 1.54) is 0 Å². The molecule has 0 fully saturated rings. The number of nitrogens with two attached hydrogens (primary N) is 1. The summed E-state index contributed by atoms with van der Waals surface area (Å²) in [7, 11) is 0. The molecule has 0 aliphatic rings. The molecule has 2 aromatic rings. The van der Waals surface area contributed by atoms with Crippen LogP contribution < -0.4 is 5.73 Å². The lowest BCUT2D eigenvalue weighted by Gasteiger charge is -2.00. The summed E-state index contributed by atoms with van der Waals surface area (Å²) in [5, 5.41) is 0. The number of hydrogen-bond acceptors (Lipinski definition) is 4. The van der Waals surface area contributed by atoms with Gasteiger partial charge in [-0.3, -0.25) is 9.78 Å². The summed E-state index contributed by atoms with van der Waals surface area (Å²) in [6.45, 7) is 0. The Bertz CT molecular complexity index is 481. The fourth-order valence-corrected chi connectivity index (χ4v) is 1.29. The van der Waals surface area contributed by atoms with E-state index in [0.717, 1.165) is 5.56 Å². The van der Waals surface area contributed by atoms with Crippen LogP contribution in [0.1, 0.15) is 5.69 Å². The minimum Gasteiger partial charge on any atom is -0.369 e. The van der Waals surface area contributed by atoms with Crippen molar-refractivity contribution in [1.82, 2.24) is 15.0 Å². The quantitative estimate of drug-likeness (QED) is 0.809. The highest BCUT2D eigenvalue weighted by molar-refractivity contribution is 5.76. The van der Waals surface area contributed by atoms with Crippen LogP contribution >= 0.6 is 0 Å². The summed E-state index contributed by atoms with van der Waals surface area (Å²) in [4.78, 5) is 23.0. The molecule has 0 saturated heterocycles. The maximum Gasteiger partial charge on any atom is 0.223 e. The Balaban J connectivity index is 2.23. The molecular weight excluding hydrogens is 204 g/mol. The van der Waals surface area contributed by atoms with Crippen molar-refractivity contribution in [3.63, 3.8) is 0 Å². The van der Waals surface area contributed by atoms with Crippen LogP contribution in [0.3, 0.4) is 0 Å². The molecule has 0 spiro atoms. The lowest BCUT2D eigenvalue weighted by molar-refractivity contribution is -0.117. The van der Waals surface area contributed by atoms with Gasteiger partial charge < -0.3 is 5.73 Å². The first-order valence-corrected chi connectivity index (χ1v) is 4.76. The fraction of sp³-hybridized carbons (Fsp3) is 0.0909. The van der Waals surface area contributed by atoms with Crippen LogP contribution in [-0.4, -0.2) is 20.9 Å². The van der Waals surface area contributed by atoms with Gasteiger partial charge in [-0.25, -0.2) is 9.97 Å². The molecule has 0 atom stereocenters. The number of pyridine rings is 1. The SMILES string of the molecule is NC(=O)Cc1ccc(-c2ncccn2)cn1. The molecule has 80 valence electrons. The van der Waals surface area contributed by atoms with Crippen molar-refractivity contribution < 1.29 is 4.79 Å². The summed E-state index contributed by atoms with van der Waals surface area (Å²) in [5.41, 5.74) is 6.53. The summed E-state index contributed by atoms with van der Waals surface area (Å²) < 4.78 is 0. The van der Waals surface area contributed by atoms with Gasteiger partial charge in [-0.15, -0.1) is 0 Å². The molecule has 0 saturated carbocycles. The molecule has 0 radical (unpaired) electrons. The van der Waals surface area contributed by atoms with Crippen LogP contribution in [0.4, 0.5) is 0 Å². The number of rotatable bonds is 3. The predicted molar refractivity (Wildman–Crippen MR) is 58.2 cm³/mol. The van der Waals surface area contributed by atoms with Gasteiger partial charge >= 0.3 is 0 Å². The zero-order valence-corrected chi connectivity index (χ0v) is 8.50. The van der Waals surface area contributed by atoms with Gasteiger partial charge in [-0.2, -0.15) is 0 Å². The van der Waals surface area contributed by atoms with Gasteiger partial charge in [0.1, 0.15) is 0 Å². The number of amides is 1. The van der Waals surface area contributed by atoms with Gasteiger partial charge in [0.05, 0.1) is 6.42 Å². The third kappa shape index (κ3) is 2.38. The fourth-order valence-electron chi connectivity index (χ4n) is 1.29. The van der Waals surface area contributed by atoms with E-state index in [-0.39, 0.29) is 6.42 Å². The monoisotopic (exact) mass is 214 g/mol. The van der Waals surface area contributed by atoms with E-state index >= 15 is 0 Å². The molecule has 16 heavy (non-hydrogen) atoms. The minimum absolute atomic E-state index is 0.149. The van der Waals surface area contributed by atoms with Crippen molar-refractivity contribution >= 4 is 5.91 Å². The zero-order chi connectivity index (χ0) is 11.4. The summed E-state index contributed by atoms with van der Waals surface area (Å²) in [5.74, 6) is 0.219. The predicted octanol–water partition coefficient (Wildman–Crippen LogP) is 0.566. The van der Waals surface area contributed by atoms with Crippen LogP contribution in [0.5, 0.6) is 0 Å². The maximum absolute atomic E-state index is 10.7. The second kappa shape index (κ2) is 4.48. The number of carbonyl (C=O) groups excluding carboxylic acids is 1. The molecule has 5 heteroatoms. The Hall–Kier alpha value is -2.30. The zero-order valence-electron chi connectivity index (χ0n) is 8.50. The molecule has 0 aliphatic carbocycles. The molecule has 2 aromatic heterocycles. The van der Waals surface area contributed by atoms with Crippen LogP contribution in [0, 0.1) is 0 Å². The molecule has 0 unspecified atom stereocenters. The van der Waals surface area contributed by atoms with E-state index in [1.54, 1.807) is 30.7 Å². The van der Waals surface area contributed by atoms with Gasteiger partial charge in [-0.1, -0.05) is 0 Å². The second-order valence-corrected chi connectivity index (χ2v) is 3.25. The smallest absolute Gasteiger partial charge is 0.223 e. The molecule has 2 heterocycles. The van der Waals surface area contributed by atoms with Crippen LogP contribution in [-0.2, 0) is 11.2 Å². The third-order valence-electron chi connectivity index (χ3n) is 2.00. The topological polar surface area (TPSA) is 81.8 Å². The third-order valence-corrected chi connectivity index (χ3v) is 2.00. The molecule has 0 aromatic carbocycles. The lowest BCUT2D eigenvalue weighted by Crippen LogP contribution is -2.14. The minimum atomic E-state index is -0.392. The Kier molecular flexibility index (Phi) is 2.86. The maximum atomic E-state index is 10.7. The molecule has 5 nitrogen and oxygen atoms in total. The lowest BCUT2D eigenvalue weighted by atomic mass is 10.2. The standard InChI is InChI=1S/C11H10N4O/c12-10(16)6-9-3-2-8(7-15-9)11-13-4-1-5-14-11/h1-5,7H,6H2,(H2,12,16). The second-order valence-electron chi connectivity index (χ2n) is 3.25. The Labute approximate surface area is 92.4 Å². The molecule has 1 amide bonds. The van der Waals surface area contributed by atoms with Crippen molar-refractivity contribution in [3.05, 3.63) is 42.5 Å². The van der Waals surface area contributed by atoms with E-state index in [4.69, 9.17) is 5.73 Å². The normalized spacial score (nSPS) is 10.0. The highest BCUT2D eigenvalue weighted by Crippen LogP contribution is 2.12. The highest BCUT2D eigenvalue weighted by atomic mass is 16.1. The first-order valence-electron chi connectivity index (χ1n) is 4.76. The molecular formula is C11H10N4O. The van der Waals surface area contributed by atoms with Gasteiger partial charge in [0.15, 0.2) is 5.82 Å². The summed E-state index contributed by atoms with van der Waals surface area (Å²) in [6, 6.07) is 5.31. The van der Waals surface area contributed by atoms with Crippen molar-refractivity contribution in [2.45, 2.75) is 6.42 Å². The van der Waals surface area contributed by atoms with Crippen molar-refractivity contribution in [3.8, 4) is 11.4 Å². The van der Waals surface area contributed by atoms with E-state index < -0.39 is 5.91 Å². The van der Waals surface area contributed by atoms with Crippen molar-refractivity contribution in [2.75, 3.05) is 0 Å². The average Bonchev–Trinajstić information content (AvgIpc) is 2.30. The van der Waals surface area contributed by atoms with Gasteiger partial charge in [-0.05, 0) is 18.2 Å². The van der Waals surface area contributed by atoms with Crippen molar-refractivity contribution in [2.24, 2.45) is 5.73 Å². The molecule has 0 bridgehead atoms. The van der Waals surface area contributed by atoms with Crippen molar-refractivity contribution in [1.29, 1.82) is 0 Å². The van der Waals surface area contributed by atoms with Gasteiger partial charge in [0.2, 0.25) is 5.91 Å². The van der Waals surface area contributed by atoms with Crippen LogP contribution in [0.25, 0.3) is 11.4 Å². The van der Waals surface area contributed by atoms with E-state index in [9.17, 15) is 4.79 Å². The Morgan fingerprint density at radius 1 is 1.19 bits per heavy atom. The molecule has 2 rings (SSSR count). The van der Waals surface area contributed by atoms with Crippen LogP contribution in [0.2, 0.25) is 0 Å². The van der Waals surface area contributed by atoms with Gasteiger partial charge in [0.25, 0.3) is 0 Å². The Morgan fingerprint density at radius 3 is 2.50 bits per heavy atom. The summed E-state index contributed by atoms with van der Waals surface area (Å²) >= 11 is 0. The molecule has 0 aliphatic heterocycles. The van der Waals surface area contributed by atoms with E-state index in [1.807, 2.05) is 6.07 Å². The first kappa shape index (κ1) is 10.2. The highest BCUT2D eigenvalue weighted by Gasteiger charge is 2.02. The average molecular weight is 214 g/mol. The Morgan fingerprint density at radius 2 is 1.94 bits per heavy atom. The largest absolute Gasteiger partial charge is 0.369 e. The van der Waals surface area contributed by atoms with E-state index in [0.29, 0.717) is 11.5 Å². The molecule has 2 N–H and O–H groups in total. The van der Waals surface area contributed by atoms with Crippen LogP contribution in [0.15, 0.2) is 36.8 Å². The van der Waals surface area contributed by atoms with E-state index in [2.05, 4.69) is 15.0 Å². The number of aromatic nitrogens is 3. The van der Waals surface area contributed by atoms with Gasteiger partial charge in [0, 0.05) is 29.8 Å². The number of nitrogens with zero attached hydrogens (tertiary/aromatic N) is 3. The summed E-state index contributed by atoms with van der Waals surface area (Å²) in [6.07, 6.45) is 5.11. The first-order chi connectivity index (χ1) is 7.75. The number of carbonyl (C=O) groups is 1. The number of hydrogen-bond donors (Lipinski definition) is 1.